The average molecular weight is 452 g/mol. The summed E-state index contributed by atoms with van der Waals surface area (Å²) in [7, 11) is 0. The molecule has 2 N–H and O–H groups in total. The van der Waals surface area contributed by atoms with Crippen LogP contribution in [0.5, 0.6) is 0 Å². The summed E-state index contributed by atoms with van der Waals surface area (Å²) in [6.45, 7) is 4.32. The van der Waals surface area contributed by atoms with Crippen LogP contribution in [0.2, 0.25) is 0 Å². The van der Waals surface area contributed by atoms with E-state index in [4.69, 9.17) is 4.74 Å². The normalized spacial score (nSPS) is 22.2. The van der Waals surface area contributed by atoms with Gasteiger partial charge in [-0.1, -0.05) is 30.3 Å². The number of aromatic carboxylic acids is 1. The molecule has 4 rings (SSSR count). The smallest absolute Gasteiger partial charge is 0.337 e. The third-order valence-electron chi connectivity index (χ3n) is 6.62. The number of para-hydroxylation sites is 2. The van der Waals surface area contributed by atoms with Crippen molar-refractivity contribution < 1.29 is 24.2 Å². The first-order chi connectivity index (χ1) is 15.9. The van der Waals surface area contributed by atoms with Gasteiger partial charge in [-0.3, -0.25) is 14.5 Å². The van der Waals surface area contributed by atoms with Crippen LogP contribution in [0.1, 0.15) is 30.1 Å². The SMILES string of the molecule is CC1(C2CCN(CC(=O)Nc3ccccc3C(=O)O)CC2)CN(c2ccccc2)C(=O)CO1. The quantitative estimate of drug-likeness (QED) is 0.701. The van der Waals surface area contributed by atoms with E-state index in [-0.39, 0.29) is 36.4 Å². The monoisotopic (exact) mass is 451 g/mol. The molecule has 2 aliphatic heterocycles. The third kappa shape index (κ3) is 5.23. The Hall–Kier alpha value is -3.23. The molecule has 0 spiro atoms. The second-order valence-corrected chi connectivity index (χ2v) is 8.87. The van der Waals surface area contributed by atoms with E-state index in [9.17, 15) is 19.5 Å². The number of morpholine rings is 1. The minimum absolute atomic E-state index is 0.0329. The zero-order valence-electron chi connectivity index (χ0n) is 18.7. The Balaban J connectivity index is 1.32. The number of nitrogens with zero attached hydrogens (tertiary/aromatic N) is 2. The molecule has 2 saturated heterocycles. The summed E-state index contributed by atoms with van der Waals surface area (Å²) in [5.74, 6) is -1.07. The standard InChI is InChI=1S/C25H29N3O5/c1-25(17-28(23(30)16-33-25)19-7-3-2-4-8-19)18-11-13-27(14-12-18)15-22(29)26-21-10-6-5-9-20(21)24(31)32/h2-10,18H,11-17H2,1H3,(H,26,29)(H,31,32). The van der Waals surface area contributed by atoms with Gasteiger partial charge in [-0.2, -0.15) is 0 Å². The second kappa shape index (κ2) is 9.72. The highest BCUT2D eigenvalue weighted by atomic mass is 16.5. The molecule has 2 aromatic carbocycles. The Bertz CT molecular complexity index is 1020. The van der Waals surface area contributed by atoms with Gasteiger partial charge in [-0.15, -0.1) is 0 Å². The molecule has 0 bridgehead atoms. The van der Waals surface area contributed by atoms with Gasteiger partial charge in [0.1, 0.15) is 6.61 Å². The molecule has 0 saturated carbocycles. The molecular formula is C25H29N3O5. The Labute approximate surface area is 193 Å². The number of amides is 2. The molecule has 2 heterocycles. The lowest BCUT2D eigenvalue weighted by atomic mass is 9.80. The summed E-state index contributed by atoms with van der Waals surface area (Å²) >= 11 is 0. The van der Waals surface area contributed by atoms with Crippen molar-refractivity contribution in [3.8, 4) is 0 Å². The van der Waals surface area contributed by atoms with E-state index in [2.05, 4.69) is 17.1 Å². The van der Waals surface area contributed by atoms with E-state index < -0.39 is 11.6 Å². The molecule has 0 radical (unpaired) electrons. The van der Waals surface area contributed by atoms with Gasteiger partial charge in [0.25, 0.3) is 5.91 Å². The van der Waals surface area contributed by atoms with E-state index in [1.807, 2.05) is 35.2 Å². The average Bonchev–Trinajstić information content (AvgIpc) is 2.82. The fourth-order valence-corrected chi connectivity index (χ4v) is 4.72. The fourth-order valence-electron chi connectivity index (χ4n) is 4.72. The number of carbonyl (C=O) groups is 3. The number of rotatable bonds is 6. The Morgan fingerprint density at radius 2 is 1.76 bits per heavy atom. The van der Waals surface area contributed by atoms with E-state index in [1.165, 1.54) is 6.07 Å². The number of carboxylic acid groups (broad SMARTS) is 1. The minimum atomic E-state index is -1.07. The lowest BCUT2D eigenvalue weighted by molar-refractivity contribution is -0.146. The zero-order chi connectivity index (χ0) is 23.4. The van der Waals surface area contributed by atoms with Crippen molar-refractivity contribution in [2.45, 2.75) is 25.4 Å². The molecule has 2 fully saturated rings. The van der Waals surface area contributed by atoms with Crippen LogP contribution in [0.25, 0.3) is 0 Å². The lowest BCUT2D eigenvalue weighted by Gasteiger charge is -2.47. The maximum atomic E-state index is 12.5. The molecule has 8 heteroatoms. The van der Waals surface area contributed by atoms with Crippen molar-refractivity contribution in [3.05, 3.63) is 60.2 Å². The molecule has 0 aliphatic carbocycles. The van der Waals surface area contributed by atoms with Crippen LogP contribution < -0.4 is 10.2 Å². The topological polar surface area (TPSA) is 99.2 Å². The summed E-state index contributed by atoms with van der Waals surface area (Å²) in [5, 5.41) is 12.0. The largest absolute Gasteiger partial charge is 0.478 e. The van der Waals surface area contributed by atoms with E-state index in [0.717, 1.165) is 31.6 Å². The molecule has 1 atom stereocenters. The van der Waals surface area contributed by atoms with Gasteiger partial charge in [-0.05, 0) is 63.0 Å². The molecule has 2 aromatic rings. The van der Waals surface area contributed by atoms with Gasteiger partial charge in [0.15, 0.2) is 0 Å². The zero-order valence-corrected chi connectivity index (χ0v) is 18.7. The minimum Gasteiger partial charge on any atom is -0.478 e. The van der Waals surface area contributed by atoms with Gasteiger partial charge in [0.05, 0.1) is 29.9 Å². The van der Waals surface area contributed by atoms with E-state index in [0.29, 0.717) is 12.2 Å². The van der Waals surface area contributed by atoms with Gasteiger partial charge in [-0.25, -0.2) is 4.79 Å². The summed E-state index contributed by atoms with van der Waals surface area (Å²) in [6.07, 6.45) is 1.71. The summed E-state index contributed by atoms with van der Waals surface area (Å²) in [6, 6.07) is 16.0. The number of ether oxygens (including phenoxy) is 1. The van der Waals surface area contributed by atoms with Crippen LogP contribution in [0.15, 0.2) is 54.6 Å². The predicted molar refractivity (Wildman–Crippen MR) is 124 cm³/mol. The van der Waals surface area contributed by atoms with Gasteiger partial charge < -0.3 is 20.1 Å². The number of hydrogen-bond acceptors (Lipinski definition) is 5. The van der Waals surface area contributed by atoms with Gasteiger partial charge in [0.2, 0.25) is 5.91 Å². The highest BCUT2D eigenvalue weighted by Gasteiger charge is 2.43. The maximum absolute atomic E-state index is 12.5. The summed E-state index contributed by atoms with van der Waals surface area (Å²) in [5.41, 5.74) is 0.814. The first-order valence-corrected chi connectivity index (χ1v) is 11.2. The molecule has 2 amide bonds. The number of nitrogens with one attached hydrogen (secondary N) is 1. The number of piperidine rings is 1. The number of carboxylic acids is 1. The second-order valence-electron chi connectivity index (χ2n) is 8.87. The third-order valence-corrected chi connectivity index (χ3v) is 6.62. The van der Waals surface area contributed by atoms with Crippen molar-refractivity contribution in [1.82, 2.24) is 4.90 Å². The van der Waals surface area contributed by atoms with Gasteiger partial charge >= 0.3 is 5.97 Å². The number of anilines is 2. The van der Waals surface area contributed by atoms with Crippen LogP contribution in [0, 0.1) is 5.92 Å². The van der Waals surface area contributed by atoms with Crippen LogP contribution >= 0.6 is 0 Å². The predicted octanol–water partition coefficient (Wildman–Crippen LogP) is 2.86. The first kappa shape index (κ1) is 22.9. The van der Waals surface area contributed by atoms with Crippen molar-refractivity contribution >= 4 is 29.2 Å². The van der Waals surface area contributed by atoms with Gasteiger partial charge in [0, 0.05) is 5.69 Å². The lowest BCUT2D eigenvalue weighted by Crippen LogP contribution is -2.58. The number of hydrogen-bond donors (Lipinski definition) is 2. The number of likely N-dealkylation sites (tertiary alicyclic amines) is 1. The van der Waals surface area contributed by atoms with Crippen molar-refractivity contribution in [2.24, 2.45) is 5.92 Å². The summed E-state index contributed by atoms with van der Waals surface area (Å²) < 4.78 is 6.06. The number of benzene rings is 2. The van der Waals surface area contributed by atoms with Crippen LogP contribution in [0.3, 0.4) is 0 Å². The molecule has 33 heavy (non-hydrogen) atoms. The maximum Gasteiger partial charge on any atom is 0.337 e. The molecule has 2 aliphatic rings. The molecule has 0 aromatic heterocycles. The van der Waals surface area contributed by atoms with E-state index in [1.54, 1.807) is 18.2 Å². The van der Waals surface area contributed by atoms with Crippen LogP contribution in [0.4, 0.5) is 11.4 Å². The fraction of sp³-hybridized carbons (Fsp3) is 0.400. The van der Waals surface area contributed by atoms with Crippen LogP contribution in [-0.4, -0.2) is 66.2 Å². The first-order valence-electron chi connectivity index (χ1n) is 11.2. The molecule has 8 nitrogen and oxygen atoms in total. The molecular weight excluding hydrogens is 422 g/mol. The Morgan fingerprint density at radius 1 is 1.09 bits per heavy atom. The Kier molecular flexibility index (Phi) is 6.76. The van der Waals surface area contributed by atoms with Crippen molar-refractivity contribution in [2.75, 3.05) is 43.0 Å². The number of carbonyl (C=O) groups excluding carboxylic acids is 2. The highest BCUT2D eigenvalue weighted by molar-refractivity contribution is 6.01. The molecule has 174 valence electrons. The highest BCUT2D eigenvalue weighted by Crippen LogP contribution is 2.35. The molecule has 1 unspecified atom stereocenters. The van der Waals surface area contributed by atoms with Crippen LogP contribution in [-0.2, 0) is 14.3 Å². The Morgan fingerprint density at radius 3 is 2.45 bits per heavy atom. The van der Waals surface area contributed by atoms with Crippen molar-refractivity contribution in [1.29, 1.82) is 0 Å². The van der Waals surface area contributed by atoms with Crippen molar-refractivity contribution in [3.63, 3.8) is 0 Å². The summed E-state index contributed by atoms with van der Waals surface area (Å²) in [4.78, 5) is 40.2. The van der Waals surface area contributed by atoms with E-state index >= 15 is 0 Å².